The quantitative estimate of drug-likeness (QED) is 0.908. The number of hydrogen-bond donors (Lipinski definition) is 1. The molecular weight excluding hydrogens is 247 g/mol. The maximum atomic E-state index is 12.6. The van der Waals surface area contributed by atoms with Crippen molar-refractivity contribution in [1.82, 2.24) is 0 Å². The number of hydrogen-bond acceptors (Lipinski definition) is 2. The monoisotopic (exact) mass is 261 g/mol. The van der Waals surface area contributed by atoms with Crippen LogP contribution in [0.3, 0.4) is 0 Å². The standard InChI is InChI=1S/C12H14F3NO2/c1-7(2)16(3)8-4-5-10(12(13,14)15)9(6-8)11(17)18/h4-7H,1-3H3,(H,17,18). The molecule has 0 fully saturated rings. The summed E-state index contributed by atoms with van der Waals surface area (Å²) < 4.78 is 37.9. The van der Waals surface area contributed by atoms with Crippen molar-refractivity contribution in [2.45, 2.75) is 26.1 Å². The third kappa shape index (κ3) is 2.94. The minimum Gasteiger partial charge on any atom is -0.478 e. The third-order valence-electron chi connectivity index (χ3n) is 2.72. The maximum Gasteiger partial charge on any atom is 0.417 e. The lowest BCUT2D eigenvalue weighted by atomic mass is 10.1. The first-order chi connectivity index (χ1) is 8.14. The Morgan fingerprint density at radius 2 is 1.89 bits per heavy atom. The van der Waals surface area contributed by atoms with Crippen LogP contribution in [0.15, 0.2) is 18.2 Å². The van der Waals surface area contributed by atoms with Crippen molar-refractivity contribution in [3.8, 4) is 0 Å². The van der Waals surface area contributed by atoms with Gasteiger partial charge in [0, 0.05) is 18.8 Å². The molecule has 0 amide bonds. The Hall–Kier alpha value is -1.72. The van der Waals surface area contributed by atoms with E-state index in [1.807, 2.05) is 13.8 Å². The van der Waals surface area contributed by atoms with Crippen molar-refractivity contribution in [1.29, 1.82) is 0 Å². The van der Waals surface area contributed by atoms with Gasteiger partial charge in [-0.3, -0.25) is 0 Å². The van der Waals surface area contributed by atoms with Crippen LogP contribution in [0.5, 0.6) is 0 Å². The fourth-order valence-corrected chi connectivity index (χ4v) is 1.47. The number of halogens is 3. The van der Waals surface area contributed by atoms with E-state index in [4.69, 9.17) is 5.11 Å². The van der Waals surface area contributed by atoms with Crippen LogP contribution in [-0.4, -0.2) is 24.2 Å². The Labute approximate surface area is 103 Å². The van der Waals surface area contributed by atoms with Gasteiger partial charge < -0.3 is 10.0 Å². The van der Waals surface area contributed by atoms with Gasteiger partial charge in [0.15, 0.2) is 0 Å². The Morgan fingerprint density at radius 3 is 2.28 bits per heavy atom. The number of benzene rings is 1. The molecule has 0 heterocycles. The first-order valence-electron chi connectivity index (χ1n) is 5.32. The predicted octanol–water partition coefficient (Wildman–Crippen LogP) is 3.25. The molecule has 1 aromatic carbocycles. The van der Waals surface area contributed by atoms with Crippen LogP contribution in [0.1, 0.15) is 29.8 Å². The van der Waals surface area contributed by atoms with Gasteiger partial charge in [-0.15, -0.1) is 0 Å². The van der Waals surface area contributed by atoms with Crippen molar-refractivity contribution >= 4 is 11.7 Å². The highest BCUT2D eigenvalue weighted by atomic mass is 19.4. The number of anilines is 1. The summed E-state index contributed by atoms with van der Waals surface area (Å²) >= 11 is 0. The molecule has 0 bridgehead atoms. The van der Waals surface area contributed by atoms with Gasteiger partial charge in [0.1, 0.15) is 0 Å². The van der Waals surface area contributed by atoms with Gasteiger partial charge in [-0.25, -0.2) is 4.79 Å². The molecule has 18 heavy (non-hydrogen) atoms. The fourth-order valence-electron chi connectivity index (χ4n) is 1.47. The van der Waals surface area contributed by atoms with Crippen LogP contribution < -0.4 is 4.90 Å². The Kier molecular flexibility index (Phi) is 3.88. The lowest BCUT2D eigenvalue weighted by Gasteiger charge is -2.24. The van der Waals surface area contributed by atoms with E-state index in [1.54, 1.807) is 11.9 Å². The molecule has 0 unspecified atom stereocenters. The molecule has 0 aliphatic carbocycles. The number of carboxylic acids is 1. The van der Waals surface area contributed by atoms with E-state index in [2.05, 4.69) is 0 Å². The summed E-state index contributed by atoms with van der Waals surface area (Å²) in [6.45, 7) is 3.72. The molecule has 0 spiro atoms. The average Bonchev–Trinajstić information content (AvgIpc) is 2.25. The molecular formula is C12H14F3NO2. The minimum absolute atomic E-state index is 0.0587. The Bertz CT molecular complexity index is 455. The third-order valence-corrected chi connectivity index (χ3v) is 2.72. The molecule has 0 saturated carbocycles. The fraction of sp³-hybridized carbons (Fsp3) is 0.417. The second-order valence-corrected chi connectivity index (χ2v) is 4.24. The number of rotatable bonds is 3. The smallest absolute Gasteiger partial charge is 0.417 e. The van der Waals surface area contributed by atoms with E-state index in [-0.39, 0.29) is 6.04 Å². The highest BCUT2D eigenvalue weighted by molar-refractivity contribution is 5.91. The SMILES string of the molecule is CC(C)N(C)c1ccc(C(F)(F)F)c(C(=O)O)c1. The molecule has 6 heteroatoms. The van der Waals surface area contributed by atoms with Crippen molar-refractivity contribution in [3.05, 3.63) is 29.3 Å². The number of carboxylic acid groups (broad SMARTS) is 1. The van der Waals surface area contributed by atoms with Gasteiger partial charge >= 0.3 is 12.1 Å². The van der Waals surface area contributed by atoms with E-state index in [0.717, 1.165) is 12.1 Å². The van der Waals surface area contributed by atoms with Gasteiger partial charge in [0.05, 0.1) is 11.1 Å². The van der Waals surface area contributed by atoms with Crippen molar-refractivity contribution in [2.24, 2.45) is 0 Å². The van der Waals surface area contributed by atoms with Crippen molar-refractivity contribution in [2.75, 3.05) is 11.9 Å². The van der Waals surface area contributed by atoms with Gasteiger partial charge in [-0.2, -0.15) is 13.2 Å². The molecule has 0 aromatic heterocycles. The maximum absolute atomic E-state index is 12.6. The number of aromatic carboxylic acids is 1. The predicted molar refractivity (Wildman–Crippen MR) is 61.9 cm³/mol. The zero-order valence-electron chi connectivity index (χ0n) is 10.2. The highest BCUT2D eigenvalue weighted by Crippen LogP contribution is 2.34. The molecule has 0 aliphatic rings. The van der Waals surface area contributed by atoms with Crippen LogP contribution >= 0.6 is 0 Å². The summed E-state index contributed by atoms with van der Waals surface area (Å²) in [5, 5.41) is 8.86. The van der Waals surface area contributed by atoms with E-state index < -0.39 is 23.3 Å². The van der Waals surface area contributed by atoms with Crippen LogP contribution in [0.25, 0.3) is 0 Å². The van der Waals surface area contributed by atoms with Gasteiger partial charge in [0.2, 0.25) is 0 Å². The van der Waals surface area contributed by atoms with Crippen molar-refractivity contribution < 1.29 is 23.1 Å². The molecule has 0 aliphatic heterocycles. The van der Waals surface area contributed by atoms with Crippen molar-refractivity contribution in [3.63, 3.8) is 0 Å². The summed E-state index contributed by atoms with van der Waals surface area (Å²) in [6, 6.07) is 3.18. The first-order valence-corrected chi connectivity index (χ1v) is 5.32. The van der Waals surface area contributed by atoms with Gasteiger partial charge in [-0.1, -0.05) is 0 Å². The number of alkyl halides is 3. The largest absolute Gasteiger partial charge is 0.478 e. The van der Waals surface area contributed by atoms with Crippen LogP contribution in [0.2, 0.25) is 0 Å². The topological polar surface area (TPSA) is 40.5 Å². The summed E-state index contributed by atoms with van der Waals surface area (Å²) in [5.74, 6) is -1.58. The number of nitrogens with zero attached hydrogens (tertiary/aromatic N) is 1. The van der Waals surface area contributed by atoms with E-state index >= 15 is 0 Å². The molecule has 1 aromatic rings. The number of carbonyl (C=O) groups is 1. The van der Waals surface area contributed by atoms with E-state index in [9.17, 15) is 18.0 Å². The van der Waals surface area contributed by atoms with E-state index in [1.165, 1.54) is 6.07 Å². The minimum atomic E-state index is -4.66. The zero-order valence-corrected chi connectivity index (χ0v) is 10.2. The molecule has 0 saturated heterocycles. The second kappa shape index (κ2) is 4.88. The Morgan fingerprint density at radius 1 is 1.33 bits per heavy atom. The summed E-state index contributed by atoms with van der Waals surface area (Å²) in [4.78, 5) is 12.6. The molecule has 3 nitrogen and oxygen atoms in total. The lowest BCUT2D eigenvalue weighted by Crippen LogP contribution is -2.26. The zero-order chi connectivity index (χ0) is 14.1. The van der Waals surface area contributed by atoms with Crippen LogP contribution in [-0.2, 0) is 6.18 Å². The average molecular weight is 261 g/mol. The highest BCUT2D eigenvalue weighted by Gasteiger charge is 2.35. The molecule has 0 atom stereocenters. The van der Waals surface area contributed by atoms with Gasteiger partial charge in [-0.05, 0) is 32.0 Å². The summed E-state index contributed by atoms with van der Waals surface area (Å²) in [6.07, 6.45) is -4.66. The van der Waals surface area contributed by atoms with E-state index in [0.29, 0.717) is 5.69 Å². The summed E-state index contributed by atoms with van der Waals surface area (Å²) in [5.41, 5.74) is -1.42. The van der Waals surface area contributed by atoms with Crippen LogP contribution in [0.4, 0.5) is 18.9 Å². The lowest BCUT2D eigenvalue weighted by molar-refractivity contribution is -0.138. The first kappa shape index (κ1) is 14.3. The summed E-state index contributed by atoms with van der Waals surface area (Å²) in [7, 11) is 1.69. The molecule has 100 valence electrons. The molecule has 1 rings (SSSR count). The van der Waals surface area contributed by atoms with Gasteiger partial charge in [0.25, 0.3) is 0 Å². The normalized spacial score (nSPS) is 11.7. The van der Waals surface area contributed by atoms with Crippen LogP contribution in [0, 0.1) is 0 Å². The molecule has 0 radical (unpaired) electrons. The Balaban J connectivity index is 3.33. The molecule has 1 N–H and O–H groups in total. The second-order valence-electron chi connectivity index (χ2n) is 4.24.